The fraction of sp³-hybridized carbons (Fsp3) is 1.00. The molecule has 0 aliphatic heterocycles. The van der Waals surface area contributed by atoms with Gasteiger partial charge in [0.25, 0.3) is 0 Å². The van der Waals surface area contributed by atoms with E-state index in [-0.39, 0.29) is 19.3 Å². The van der Waals surface area contributed by atoms with Crippen LogP contribution in [-0.2, 0) is 10.1 Å². The third-order valence-electron chi connectivity index (χ3n) is 3.20. The molecule has 0 fully saturated rings. The van der Waals surface area contributed by atoms with Gasteiger partial charge >= 0.3 is 27.5 Å². The van der Waals surface area contributed by atoms with Gasteiger partial charge in [-0.15, -0.1) is 0 Å². The molecule has 0 unspecified atom stereocenters. The van der Waals surface area contributed by atoms with Crippen molar-refractivity contribution in [3.05, 3.63) is 0 Å². The van der Waals surface area contributed by atoms with E-state index in [1.807, 2.05) is 0 Å². The van der Waals surface area contributed by atoms with Crippen LogP contribution in [0, 0.1) is 0 Å². The molecular formula is C12H19F7O3S. The van der Waals surface area contributed by atoms with Gasteiger partial charge in [-0.2, -0.15) is 39.2 Å². The summed E-state index contributed by atoms with van der Waals surface area (Å²) in [6.07, 6.45) is -5.18. The first-order chi connectivity index (χ1) is 10.2. The lowest BCUT2D eigenvalue weighted by Crippen LogP contribution is -2.46. The molecule has 0 aromatic heterocycles. The first-order valence-corrected chi connectivity index (χ1v) is 8.44. The number of unbranched alkanes of at least 4 members (excludes halogenated alkanes) is 6. The standard InChI is InChI=1S/C12H19F7O3S/c13-10(14,12(18,19)23(20,21)22)8-6-4-2-1-3-5-7-9-11(15,16)17/h1-9H2,(H,20,21,22). The summed E-state index contributed by atoms with van der Waals surface area (Å²) in [5, 5.41) is -5.54. The van der Waals surface area contributed by atoms with Crippen molar-refractivity contribution in [1.29, 1.82) is 0 Å². The van der Waals surface area contributed by atoms with Crippen LogP contribution in [0.25, 0.3) is 0 Å². The molecule has 0 aromatic rings. The highest BCUT2D eigenvalue weighted by Crippen LogP contribution is 2.41. The minimum atomic E-state index is -6.21. The van der Waals surface area contributed by atoms with Gasteiger partial charge in [-0.05, 0) is 12.8 Å². The second-order valence-electron chi connectivity index (χ2n) is 5.29. The number of alkyl halides is 7. The molecule has 0 amide bonds. The molecule has 0 aliphatic carbocycles. The van der Waals surface area contributed by atoms with Gasteiger partial charge < -0.3 is 0 Å². The van der Waals surface area contributed by atoms with Crippen LogP contribution < -0.4 is 0 Å². The number of hydrogen-bond donors (Lipinski definition) is 1. The van der Waals surface area contributed by atoms with Crippen LogP contribution >= 0.6 is 0 Å². The lowest BCUT2D eigenvalue weighted by atomic mass is 10.1. The quantitative estimate of drug-likeness (QED) is 0.307. The Bertz CT molecular complexity index is 446. The summed E-state index contributed by atoms with van der Waals surface area (Å²) < 4.78 is 116. The summed E-state index contributed by atoms with van der Waals surface area (Å²) in [6, 6.07) is 0. The molecule has 3 nitrogen and oxygen atoms in total. The average molecular weight is 376 g/mol. The second-order valence-corrected chi connectivity index (χ2v) is 6.75. The summed E-state index contributed by atoms with van der Waals surface area (Å²) in [5.41, 5.74) is 0. The maximum Gasteiger partial charge on any atom is 0.431 e. The van der Waals surface area contributed by atoms with Crippen molar-refractivity contribution in [2.75, 3.05) is 0 Å². The molecule has 0 heterocycles. The zero-order valence-electron chi connectivity index (χ0n) is 12.2. The summed E-state index contributed by atoms with van der Waals surface area (Å²) in [6.45, 7) is 0. The summed E-state index contributed by atoms with van der Waals surface area (Å²) >= 11 is 0. The molecule has 0 bridgehead atoms. The van der Waals surface area contributed by atoms with Crippen LogP contribution in [-0.4, -0.2) is 30.3 Å². The molecule has 11 heteroatoms. The molecule has 23 heavy (non-hydrogen) atoms. The molecule has 1 N–H and O–H groups in total. The van der Waals surface area contributed by atoms with Crippen molar-refractivity contribution in [3.63, 3.8) is 0 Å². The molecule has 0 rings (SSSR count). The first kappa shape index (κ1) is 22.4. The first-order valence-electron chi connectivity index (χ1n) is 7.00. The Balaban J connectivity index is 3.88. The topological polar surface area (TPSA) is 54.4 Å². The SMILES string of the molecule is O=S(=O)(O)C(F)(F)C(F)(F)CCCCCCCCCC(F)(F)F. The Labute approximate surface area is 130 Å². The van der Waals surface area contributed by atoms with E-state index in [0.717, 1.165) is 0 Å². The van der Waals surface area contributed by atoms with Gasteiger partial charge in [-0.3, -0.25) is 4.55 Å². The van der Waals surface area contributed by atoms with Crippen molar-refractivity contribution in [3.8, 4) is 0 Å². The normalized spacial score (nSPS) is 14.3. The fourth-order valence-corrected chi connectivity index (χ4v) is 2.37. The van der Waals surface area contributed by atoms with Gasteiger partial charge in [0.2, 0.25) is 0 Å². The third-order valence-corrected chi connectivity index (χ3v) is 4.15. The number of hydrogen-bond acceptors (Lipinski definition) is 2. The largest absolute Gasteiger partial charge is 0.431 e. The Kier molecular flexibility index (Phi) is 8.28. The van der Waals surface area contributed by atoms with E-state index in [9.17, 15) is 39.2 Å². The minimum Gasteiger partial charge on any atom is -0.281 e. The molecule has 0 atom stereocenters. The maximum absolute atomic E-state index is 13.1. The van der Waals surface area contributed by atoms with Crippen LogP contribution in [0.5, 0.6) is 0 Å². The third kappa shape index (κ3) is 8.18. The van der Waals surface area contributed by atoms with E-state index in [2.05, 4.69) is 0 Å². The second kappa shape index (κ2) is 8.50. The maximum atomic E-state index is 13.1. The predicted molar refractivity (Wildman–Crippen MR) is 69.1 cm³/mol. The average Bonchev–Trinajstić information content (AvgIpc) is 2.33. The zero-order chi connectivity index (χ0) is 18.4. The monoisotopic (exact) mass is 376 g/mol. The van der Waals surface area contributed by atoms with Gasteiger partial charge in [0.1, 0.15) is 0 Å². The van der Waals surface area contributed by atoms with E-state index in [4.69, 9.17) is 4.55 Å². The highest BCUT2D eigenvalue weighted by Gasteiger charge is 2.64. The van der Waals surface area contributed by atoms with Crippen LogP contribution in [0.4, 0.5) is 30.7 Å². The van der Waals surface area contributed by atoms with E-state index in [0.29, 0.717) is 25.7 Å². The van der Waals surface area contributed by atoms with Gasteiger partial charge in [-0.1, -0.05) is 32.1 Å². The highest BCUT2D eigenvalue weighted by molar-refractivity contribution is 7.87. The van der Waals surface area contributed by atoms with Gasteiger partial charge in [-0.25, -0.2) is 0 Å². The van der Waals surface area contributed by atoms with Crippen molar-refractivity contribution in [2.45, 2.75) is 75.1 Å². The molecule has 0 saturated heterocycles. The fourth-order valence-electron chi connectivity index (χ4n) is 1.89. The molecule has 0 saturated carbocycles. The van der Waals surface area contributed by atoms with E-state index in [1.54, 1.807) is 0 Å². The molecule has 0 aromatic carbocycles. The Morgan fingerprint density at radius 3 is 1.35 bits per heavy atom. The van der Waals surface area contributed by atoms with Crippen LogP contribution in [0.15, 0.2) is 0 Å². The van der Waals surface area contributed by atoms with Crippen LogP contribution in [0.1, 0.15) is 57.8 Å². The van der Waals surface area contributed by atoms with Gasteiger partial charge in [0.05, 0.1) is 0 Å². The Hall–Kier alpha value is -0.580. The van der Waals surface area contributed by atoms with Crippen molar-refractivity contribution >= 4 is 10.1 Å². The summed E-state index contributed by atoms with van der Waals surface area (Å²) in [5.74, 6) is -4.88. The molecular weight excluding hydrogens is 357 g/mol. The minimum absolute atomic E-state index is 0.0256. The molecule has 0 radical (unpaired) electrons. The molecule has 0 spiro atoms. The molecule has 0 aliphatic rings. The van der Waals surface area contributed by atoms with Crippen molar-refractivity contribution < 1.29 is 43.7 Å². The molecule has 140 valence electrons. The van der Waals surface area contributed by atoms with E-state index >= 15 is 0 Å². The van der Waals surface area contributed by atoms with Crippen molar-refractivity contribution in [1.82, 2.24) is 0 Å². The summed E-state index contributed by atoms with van der Waals surface area (Å²) in [4.78, 5) is 0. The lowest BCUT2D eigenvalue weighted by Gasteiger charge is -2.23. The Morgan fingerprint density at radius 2 is 1.00 bits per heavy atom. The van der Waals surface area contributed by atoms with Crippen LogP contribution in [0.2, 0.25) is 0 Å². The summed E-state index contributed by atoms with van der Waals surface area (Å²) in [7, 11) is -6.21. The van der Waals surface area contributed by atoms with Crippen molar-refractivity contribution in [2.24, 2.45) is 0 Å². The number of halogens is 7. The van der Waals surface area contributed by atoms with E-state index in [1.165, 1.54) is 0 Å². The van der Waals surface area contributed by atoms with Crippen LogP contribution in [0.3, 0.4) is 0 Å². The predicted octanol–water partition coefficient (Wildman–Crippen LogP) is 5.18. The number of rotatable bonds is 11. The van der Waals surface area contributed by atoms with E-state index < -0.39 is 40.3 Å². The van der Waals surface area contributed by atoms with Gasteiger partial charge in [0.15, 0.2) is 0 Å². The Morgan fingerprint density at radius 1 is 0.652 bits per heavy atom. The highest BCUT2D eigenvalue weighted by atomic mass is 32.2. The zero-order valence-corrected chi connectivity index (χ0v) is 13.0. The van der Waals surface area contributed by atoms with Gasteiger partial charge in [0, 0.05) is 12.8 Å². The smallest absolute Gasteiger partial charge is 0.281 e. The lowest BCUT2D eigenvalue weighted by molar-refractivity contribution is -0.164.